The molecule has 2 rings (SSSR count). The molecule has 0 aliphatic heterocycles. The van der Waals surface area contributed by atoms with Gasteiger partial charge in [-0.3, -0.25) is 4.90 Å². The van der Waals surface area contributed by atoms with Crippen LogP contribution in [0.5, 0.6) is 0 Å². The fraction of sp³-hybridized carbons (Fsp3) is 0.529. The van der Waals surface area contributed by atoms with E-state index in [-0.39, 0.29) is 6.04 Å². The van der Waals surface area contributed by atoms with E-state index < -0.39 is 0 Å². The van der Waals surface area contributed by atoms with Crippen molar-refractivity contribution >= 4 is 15.9 Å². The zero-order valence-electron chi connectivity index (χ0n) is 13.6. The van der Waals surface area contributed by atoms with E-state index in [1.54, 1.807) is 0 Å². The summed E-state index contributed by atoms with van der Waals surface area (Å²) >= 11 is 3.65. The van der Waals surface area contributed by atoms with Gasteiger partial charge in [-0.05, 0) is 37.9 Å². The van der Waals surface area contributed by atoms with Crippen molar-refractivity contribution in [3.63, 3.8) is 0 Å². The van der Waals surface area contributed by atoms with E-state index in [0.717, 1.165) is 36.1 Å². The first-order chi connectivity index (χ1) is 10.7. The molecule has 22 heavy (non-hydrogen) atoms. The Morgan fingerprint density at radius 3 is 2.68 bits per heavy atom. The minimum atomic E-state index is 0.289. The van der Waals surface area contributed by atoms with Crippen molar-refractivity contribution in [1.82, 2.24) is 15.0 Å². The Morgan fingerprint density at radius 1 is 1.23 bits per heavy atom. The summed E-state index contributed by atoms with van der Waals surface area (Å²) in [4.78, 5) is 6.87. The summed E-state index contributed by atoms with van der Waals surface area (Å²) in [6.45, 7) is 8.21. The number of hydrogen-bond acceptors (Lipinski definition) is 4. The van der Waals surface area contributed by atoms with Crippen LogP contribution in [0.25, 0.3) is 0 Å². The molecule has 1 atom stereocenters. The second-order valence-electron chi connectivity index (χ2n) is 5.52. The predicted octanol–water partition coefficient (Wildman–Crippen LogP) is 4.76. The van der Waals surface area contributed by atoms with Gasteiger partial charge in [0.15, 0.2) is 5.82 Å². The number of rotatable bonds is 8. The highest BCUT2D eigenvalue weighted by molar-refractivity contribution is 9.10. The molecule has 1 unspecified atom stereocenters. The maximum absolute atomic E-state index is 5.40. The van der Waals surface area contributed by atoms with Gasteiger partial charge in [-0.15, -0.1) is 0 Å². The highest BCUT2D eigenvalue weighted by atomic mass is 79.9. The number of aryl methyl sites for hydroxylation is 1. The molecule has 1 heterocycles. The minimum absolute atomic E-state index is 0.289. The molecule has 0 radical (unpaired) electrons. The highest BCUT2D eigenvalue weighted by Crippen LogP contribution is 2.28. The summed E-state index contributed by atoms with van der Waals surface area (Å²) < 4.78 is 6.54. The van der Waals surface area contributed by atoms with Gasteiger partial charge < -0.3 is 4.52 Å². The summed E-state index contributed by atoms with van der Waals surface area (Å²) in [7, 11) is 0. The Hall–Kier alpha value is -1.20. The third-order valence-electron chi connectivity index (χ3n) is 3.74. The summed E-state index contributed by atoms with van der Waals surface area (Å²) in [5.41, 5.74) is 1.28. The molecule has 0 N–H and O–H groups in total. The summed E-state index contributed by atoms with van der Waals surface area (Å²) in [6, 6.07) is 8.65. The smallest absolute Gasteiger partial charge is 0.240 e. The molecule has 2 aromatic rings. The quantitative estimate of drug-likeness (QED) is 0.676. The molecule has 5 heteroatoms. The van der Waals surface area contributed by atoms with Gasteiger partial charge in [-0.25, -0.2) is 0 Å². The normalized spacial score (nSPS) is 12.8. The molecule has 0 saturated heterocycles. The van der Waals surface area contributed by atoms with Crippen LogP contribution < -0.4 is 0 Å². The molecule has 0 amide bonds. The molecule has 0 bridgehead atoms. The number of benzene rings is 1. The zero-order chi connectivity index (χ0) is 15.9. The maximum Gasteiger partial charge on any atom is 0.240 e. The van der Waals surface area contributed by atoms with Crippen LogP contribution >= 0.6 is 15.9 Å². The average Bonchev–Trinajstić information content (AvgIpc) is 2.94. The Morgan fingerprint density at radius 2 is 2.00 bits per heavy atom. The molecule has 0 aliphatic carbocycles. The van der Waals surface area contributed by atoms with E-state index >= 15 is 0 Å². The van der Waals surface area contributed by atoms with Gasteiger partial charge in [-0.2, -0.15) is 4.98 Å². The van der Waals surface area contributed by atoms with Crippen molar-refractivity contribution in [2.75, 3.05) is 6.54 Å². The van der Waals surface area contributed by atoms with Crippen LogP contribution in [0.1, 0.15) is 56.9 Å². The van der Waals surface area contributed by atoms with Crippen LogP contribution in [0.15, 0.2) is 33.3 Å². The monoisotopic (exact) mass is 365 g/mol. The van der Waals surface area contributed by atoms with E-state index in [2.05, 4.69) is 69.9 Å². The van der Waals surface area contributed by atoms with E-state index in [4.69, 9.17) is 4.52 Å². The van der Waals surface area contributed by atoms with Crippen LogP contribution in [0.4, 0.5) is 0 Å². The summed E-state index contributed by atoms with van der Waals surface area (Å²) in [5, 5.41) is 4.05. The molecule has 1 aromatic heterocycles. The van der Waals surface area contributed by atoms with Gasteiger partial charge in [0.25, 0.3) is 0 Å². The number of halogens is 1. The molecular formula is C17H24BrN3O. The van der Waals surface area contributed by atoms with Gasteiger partial charge in [0.05, 0.1) is 6.54 Å². The number of aromatic nitrogens is 2. The van der Waals surface area contributed by atoms with Crippen LogP contribution in [0.2, 0.25) is 0 Å². The lowest BCUT2D eigenvalue weighted by molar-refractivity contribution is 0.175. The number of hydrogen-bond donors (Lipinski definition) is 0. The fourth-order valence-corrected chi connectivity index (χ4v) is 3.18. The minimum Gasteiger partial charge on any atom is -0.338 e. The second-order valence-corrected chi connectivity index (χ2v) is 6.38. The molecule has 4 nitrogen and oxygen atoms in total. The second kappa shape index (κ2) is 8.44. The molecule has 1 aromatic carbocycles. The van der Waals surface area contributed by atoms with Crippen molar-refractivity contribution in [3.8, 4) is 0 Å². The lowest BCUT2D eigenvalue weighted by atomic mass is 10.1. The molecule has 0 spiro atoms. The first-order valence-corrected chi connectivity index (χ1v) is 8.74. The zero-order valence-corrected chi connectivity index (χ0v) is 15.1. The van der Waals surface area contributed by atoms with Crippen molar-refractivity contribution in [3.05, 3.63) is 46.0 Å². The predicted molar refractivity (Wildman–Crippen MR) is 91.6 cm³/mol. The van der Waals surface area contributed by atoms with E-state index in [1.807, 2.05) is 6.07 Å². The topological polar surface area (TPSA) is 42.2 Å². The summed E-state index contributed by atoms with van der Waals surface area (Å²) in [5.74, 6) is 1.51. The summed E-state index contributed by atoms with van der Waals surface area (Å²) in [6.07, 6.45) is 2.99. The SMILES string of the molecule is CCCc1noc(CN(CCC)C(C)c2ccccc2Br)n1. The molecule has 0 saturated carbocycles. The standard InChI is InChI=1S/C17H24BrN3O/c1-4-8-16-19-17(22-20-16)12-21(11-5-2)13(3)14-9-6-7-10-15(14)18/h6-7,9-10,13H,4-5,8,11-12H2,1-3H3. The number of nitrogens with zero attached hydrogens (tertiary/aromatic N) is 3. The molecule has 0 fully saturated rings. The Balaban J connectivity index is 2.13. The maximum atomic E-state index is 5.40. The Labute approximate surface area is 141 Å². The molecular weight excluding hydrogens is 342 g/mol. The van der Waals surface area contributed by atoms with Gasteiger partial charge in [0, 0.05) is 16.9 Å². The molecule has 0 aliphatic rings. The average molecular weight is 366 g/mol. The first-order valence-electron chi connectivity index (χ1n) is 7.95. The van der Waals surface area contributed by atoms with Gasteiger partial charge in [0.2, 0.25) is 5.89 Å². The van der Waals surface area contributed by atoms with E-state index in [1.165, 1.54) is 5.56 Å². The fourth-order valence-electron chi connectivity index (χ4n) is 2.56. The van der Waals surface area contributed by atoms with Crippen molar-refractivity contribution in [2.24, 2.45) is 0 Å². The lowest BCUT2D eigenvalue weighted by Crippen LogP contribution is -2.28. The Kier molecular flexibility index (Phi) is 6.58. The van der Waals surface area contributed by atoms with Crippen LogP contribution in [0.3, 0.4) is 0 Å². The Bertz CT molecular complexity index is 585. The van der Waals surface area contributed by atoms with Gasteiger partial charge >= 0.3 is 0 Å². The van der Waals surface area contributed by atoms with Crippen molar-refractivity contribution < 1.29 is 4.52 Å². The first kappa shape index (κ1) is 17.2. The van der Waals surface area contributed by atoms with Crippen LogP contribution in [0, 0.1) is 0 Å². The third kappa shape index (κ3) is 4.40. The largest absolute Gasteiger partial charge is 0.338 e. The lowest BCUT2D eigenvalue weighted by Gasteiger charge is -2.28. The molecule has 120 valence electrons. The van der Waals surface area contributed by atoms with Crippen LogP contribution in [-0.4, -0.2) is 21.6 Å². The van der Waals surface area contributed by atoms with Gasteiger partial charge in [0.1, 0.15) is 0 Å². The highest BCUT2D eigenvalue weighted by Gasteiger charge is 2.20. The van der Waals surface area contributed by atoms with Crippen molar-refractivity contribution in [2.45, 2.75) is 52.6 Å². The van der Waals surface area contributed by atoms with E-state index in [9.17, 15) is 0 Å². The van der Waals surface area contributed by atoms with Crippen LogP contribution in [-0.2, 0) is 13.0 Å². The third-order valence-corrected chi connectivity index (χ3v) is 4.46. The van der Waals surface area contributed by atoms with Gasteiger partial charge in [-0.1, -0.05) is 53.1 Å². The van der Waals surface area contributed by atoms with E-state index in [0.29, 0.717) is 12.4 Å². The van der Waals surface area contributed by atoms with Crippen molar-refractivity contribution in [1.29, 1.82) is 0 Å².